The first-order valence-electron chi connectivity index (χ1n) is 11.3. The largest absolute Gasteiger partial charge is 0.493 e. The third-order valence-electron chi connectivity index (χ3n) is 5.85. The summed E-state index contributed by atoms with van der Waals surface area (Å²) in [6, 6.07) is 18.4. The van der Waals surface area contributed by atoms with Crippen LogP contribution in [0.1, 0.15) is 27.9 Å². The van der Waals surface area contributed by atoms with Gasteiger partial charge in [-0.1, -0.05) is 24.3 Å². The van der Waals surface area contributed by atoms with E-state index in [-0.39, 0.29) is 11.8 Å². The molecule has 0 saturated heterocycles. The summed E-state index contributed by atoms with van der Waals surface area (Å²) in [6.07, 6.45) is 4.90. The smallest absolute Gasteiger partial charge is 0.258 e. The molecule has 2 amide bonds. The van der Waals surface area contributed by atoms with Crippen LogP contribution in [-0.4, -0.2) is 39.7 Å². The molecule has 0 saturated carbocycles. The summed E-state index contributed by atoms with van der Waals surface area (Å²) in [5, 5.41) is 2.89. The Balaban J connectivity index is 1.52. The van der Waals surface area contributed by atoms with Gasteiger partial charge in [0.05, 0.1) is 21.3 Å². The standard InChI is InChI=1S/C28H28N2O5/c1-33-24-16-19(17-25(34-2)27(24)35-3)11-14-26(31)29-22-13-12-20-10-7-15-30(23(20)18-22)28(32)21-8-5-4-6-9-21/h4-6,8-9,11-14,16-18H,7,10,15H2,1-3H3,(H,29,31)/b14-11+. The SMILES string of the molecule is COc1cc(/C=C/C(=O)Nc2ccc3c(c2)N(C(=O)c2ccccc2)CCC3)cc(OC)c1OC. The lowest BCUT2D eigenvalue weighted by molar-refractivity contribution is -0.111. The molecule has 0 atom stereocenters. The number of rotatable bonds is 7. The van der Waals surface area contributed by atoms with Gasteiger partial charge in [0.25, 0.3) is 5.91 Å². The van der Waals surface area contributed by atoms with Gasteiger partial charge in [0.15, 0.2) is 11.5 Å². The molecule has 0 aliphatic carbocycles. The Morgan fingerprint density at radius 3 is 2.29 bits per heavy atom. The second kappa shape index (κ2) is 10.8. The fourth-order valence-corrected chi connectivity index (χ4v) is 4.15. The summed E-state index contributed by atoms with van der Waals surface area (Å²) in [5.41, 5.74) is 3.90. The first-order valence-corrected chi connectivity index (χ1v) is 11.3. The van der Waals surface area contributed by atoms with Gasteiger partial charge in [-0.3, -0.25) is 9.59 Å². The summed E-state index contributed by atoms with van der Waals surface area (Å²) in [5.74, 6) is 1.16. The number of nitrogens with zero attached hydrogens (tertiary/aromatic N) is 1. The number of hydrogen-bond donors (Lipinski definition) is 1. The molecule has 1 aliphatic rings. The maximum absolute atomic E-state index is 13.1. The molecule has 7 heteroatoms. The van der Waals surface area contributed by atoms with E-state index in [0.29, 0.717) is 35.0 Å². The topological polar surface area (TPSA) is 77.1 Å². The minimum atomic E-state index is -0.296. The van der Waals surface area contributed by atoms with Gasteiger partial charge in [0.2, 0.25) is 11.7 Å². The van der Waals surface area contributed by atoms with Crippen LogP contribution in [0.4, 0.5) is 11.4 Å². The van der Waals surface area contributed by atoms with Gasteiger partial charge in [-0.05, 0) is 66.4 Å². The van der Waals surface area contributed by atoms with Crippen LogP contribution >= 0.6 is 0 Å². The molecule has 1 N–H and O–H groups in total. The van der Waals surface area contributed by atoms with E-state index in [2.05, 4.69) is 5.32 Å². The second-order valence-corrected chi connectivity index (χ2v) is 8.05. The van der Waals surface area contributed by atoms with E-state index in [4.69, 9.17) is 14.2 Å². The number of carbonyl (C=O) groups excluding carboxylic acids is 2. The number of carbonyl (C=O) groups is 2. The number of methoxy groups -OCH3 is 3. The van der Waals surface area contributed by atoms with Crippen LogP contribution in [0.5, 0.6) is 17.2 Å². The van der Waals surface area contributed by atoms with E-state index in [1.54, 1.807) is 37.3 Å². The molecule has 3 aromatic carbocycles. The van der Waals surface area contributed by atoms with Crippen molar-refractivity contribution in [1.82, 2.24) is 0 Å². The highest BCUT2D eigenvalue weighted by Gasteiger charge is 2.24. The van der Waals surface area contributed by atoms with E-state index < -0.39 is 0 Å². The molecule has 0 aromatic heterocycles. The molecule has 4 rings (SSSR count). The zero-order chi connectivity index (χ0) is 24.8. The van der Waals surface area contributed by atoms with Gasteiger partial charge in [-0.25, -0.2) is 0 Å². The Hall–Kier alpha value is -4.26. The average Bonchev–Trinajstić information content (AvgIpc) is 2.90. The van der Waals surface area contributed by atoms with Crippen molar-refractivity contribution in [3.05, 3.63) is 83.4 Å². The van der Waals surface area contributed by atoms with Crippen molar-refractivity contribution in [1.29, 1.82) is 0 Å². The van der Waals surface area contributed by atoms with Crippen molar-refractivity contribution in [2.24, 2.45) is 0 Å². The lowest BCUT2D eigenvalue weighted by atomic mass is 10.00. The van der Waals surface area contributed by atoms with E-state index in [0.717, 1.165) is 29.7 Å². The molecule has 0 spiro atoms. The highest BCUT2D eigenvalue weighted by atomic mass is 16.5. The molecular formula is C28H28N2O5. The quantitative estimate of drug-likeness (QED) is 0.492. The molecule has 1 heterocycles. The third-order valence-corrected chi connectivity index (χ3v) is 5.85. The van der Waals surface area contributed by atoms with Crippen LogP contribution in [0, 0.1) is 0 Å². The van der Waals surface area contributed by atoms with E-state index in [1.165, 1.54) is 13.2 Å². The number of benzene rings is 3. The zero-order valence-corrected chi connectivity index (χ0v) is 20.0. The van der Waals surface area contributed by atoms with Gasteiger partial charge in [-0.15, -0.1) is 0 Å². The van der Waals surface area contributed by atoms with Crippen LogP contribution in [0.25, 0.3) is 6.08 Å². The molecule has 7 nitrogen and oxygen atoms in total. The van der Waals surface area contributed by atoms with Crippen LogP contribution in [-0.2, 0) is 11.2 Å². The monoisotopic (exact) mass is 472 g/mol. The summed E-state index contributed by atoms with van der Waals surface area (Å²) in [4.78, 5) is 27.5. The highest BCUT2D eigenvalue weighted by molar-refractivity contribution is 6.07. The number of ether oxygens (including phenoxy) is 3. The van der Waals surface area contributed by atoms with Gasteiger partial charge in [0, 0.05) is 29.6 Å². The van der Waals surface area contributed by atoms with Crippen LogP contribution < -0.4 is 24.4 Å². The Kier molecular flexibility index (Phi) is 7.35. The van der Waals surface area contributed by atoms with Crippen molar-refractivity contribution >= 4 is 29.3 Å². The minimum Gasteiger partial charge on any atom is -0.493 e. The molecule has 180 valence electrons. The summed E-state index contributed by atoms with van der Waals surface area (Å²) >= 11 is 0. The van der Waals surface area contributed by atoms with E-state index in [1.807, 2.05) is 48.5 Å². The van der Waals surface area contributed by atoms with E-state index >= 15 is 0 Å². The predicted octanol–water partition coefficient (Wildman–Crippen LogP) is 4.96. The zero-order valence-electron chi connectivity index (χ0n) is 20.0. The Morgan fingerprint density at radius 2 is 1.63 bits per heavy atom. The minimum absolute atomic E-state index is 0.0441. The molecule has 0 bridgehead atoms. The van der Waals surface area contributed by atoms with Gasteiger partial charge >= 0.3 is 0 Å². The number of nitrogens with one attached hydrogen (secondary N) is 1. The van der Waals surface area contributed by atoms with E-state index in [9.17, 15) is 9.59 Å². The summed E-state index contributed by atoms with van der Waals surface area (Å²) in [7, 11) is 4.62. The fraction of sp³-hybridized carbons (Fsp3) is 0.214. The highest BCUT2D eigenvalue weighted by Crippen LogP contribution is 2.38. The molecule has 0 fully saturated rings. The Morgan fingerprint density at radius 1 is 0.914 bits per heavy atom. The van der Waals surface area contributed by atoms with Gasteiger partial charge in [-0.2, -0.15) is 0 Å². The lowest BCUT2D eigenvalue weighted by Gasteiger charge is -2.30. The van der Waals surface area contributed by atoms with Crippen molar-refractivity contribution in [3.63, 3.8) is 0 Å². The van der Waals surface area contributed by atoms with Crippen LogP contribution in [0.2, 0.25) is 0 Å². The molecule has 0 unspecified atom stereocenters. The molecule has 35 heavy (non-hydrogen) atoms. The van der Waals surface area contributed by atoms with Crippen molar-refractivity contribution in [3.8, 4) is 17.2 Å². The number of hydrogen-bond acceptors (Lipinski definition) is 5. The second-order valence-electron chi connectivity index (χ2n) is 8.05. The predicted molar refractivity (Wildman–Crippen MR) is 137 cm³/mol. The Bertz CT molecular complexity index is 1230. The van der Waals surface area contributed by atoms with Crippen LogP contribution in [0.15, 0.2) is 66.7 Å². The number of anilines is 2. The summed E-state index contributed by atoms with van der Waals surface area (Å²) in [6.45, 7) is 0.638. The molecular weight excluding hydrogens is 444 g/mol. The number of aryl methyl sites for hydroxylation is 1. The molecule has 3 aromatic rings. The normalized spacial score (nSPS) is 12.7. The molecule has 0 radical (unpaired) electrons. The number of amides is 2. The maximum atomic E-state index is 13.1. The van der Waals surface area contributed by atoms with Crippen molar-refractivity contribution in [2.45, 2.75) is 12.8 Å². The third kappa shape index (κ3) is 5.30. The number of fused-ring (bicyclic) bond motifs is 1. The van der Waals surface area contributed by atoms with Crippen molar-refractivity contribution in [2.75, 3.05) is 38.1 Å². The van der Waals surface area contributed by atoms with Crippen molar-refractivity contribution < 1.29 is 23.8 Å². The van der Waals surface area contributed by atoms with Gasteiger partial charge < -0.3 is 24.4 Å². The summed E-state index contributed by atoms with van der Waals surface area (Å²) < 4.78 is 16.1. The maximum Gasteiger partial charge on any atom is 0.258 e. The first-order chi connectivity index (χ1) is 17.0. The van der Waals surface area contributed by atoms with Gasteiger partial charge in [0.1, 0.15) is 0 Å². The van der Waals surface area contributed by atoms with Crippen LogP contribution in [0.3, 0.4) is 0 Å². The Labute approximate surface area is 204 Å². The first kappa shape index (κ1) is 23.9. The average molecular weight is 473 g/mol. The molecule has 1 aliphatic heterocycles. The lowest BCUT2D eigenvalue weighted by Crippen LogP contribution is -2.35. The fourth-order valence-electron chi connectivity index (χ4n) is 4.15.